The molecule has 0 aliphatic carbocycles. The van der Waals surface area contributed by atoms with E-state index < -0.39 is 0 Å². The first-order valence-corrected chi connectivity index (χ1v) is 6.84. The Labute approximate surface area is 113 Å². The van der Waals surface area contributed by atoms with Gasteiger partial charge in [0.15, 0.2) is 0 Å². The highest BCUT2D eigenvalue weighted by molar-refractivity contribution is 6.30. The molecule has 0 bridgehead atoms. The molecular formula is C14H19ClN2O. The Morgan fingerprint density at radius 1 is 1.44 bits per heavy atom. The van der Waals surface area contributed by atoms with Crippen LogP contribution in [-0.4, -0.2) is 18.5 Å². The molecule has 0 radical (unpaired) electrons. The first-order valence-electron chi connectivity index (χ1n) is 6.46. The molecule has 1 aromatic rings. The molecule has 1 heterocycles. The summed E-state index contributed by atoms with van der Waals surface area (Å²) >= 11 is 5.98. The van der Waals surface area contributed by atoms with E-state index in [4.69, 9.17) is 11.6 Å². The molecule has 1 fully saturated rings. The lowest BCUT2D eigenvalue weighted by molar-refractivity contribution is -0.123. The van der Waals surface area contributed by atoms with E-state index in [0.29, 0.717) is 0 Å². The molecule has 2 N–H and O–H groups in total. The van der Waals surface area contributed by atoms with Crippen molar-refractivity contribution in [2.75, 3.05) is 6.54 Å². The number of carbonyl (C=O) groups is 1. The third-order valence-electron chi connectivity index (χ3n) is 3.34. The molecular weight excluding hydrogens is 248 g/mol. The second kappa shape index (κ2) is 6.21. The van der Waals surface area contributed by atoms with Crippen LogP contribution in [0.3, 0.4) is 0 Å². The molecule has 2 atom stereocenters. The van der Waals surface area contributed by atoms with Crippen LogP contribution in [0.4, 0.5) is 0 Å². The first-order chi connectivity index (χ1) is 8.66. The van der Waals surface area contributed by atoms with Crippen molar-refractivity contribution in [2.24, 2.45) is 0 Å². The number of halogens is 1. The molecule has 1 saturated heterocycles. The van der Waals surface area contributed by atoms with Crippen LogP contribution < -0.4 is 10.6 Å². The zero-order chi connectivity index (χ0) is 13.0. The van der Waals surface area contributed by atoms with Gasteiger partial charge >= 0.3 is 0 Å². The third kappa shape index (κ3) is 3.47. The molecule has 2 rings (SSSR count). The summed E-state index contributed by atoms with van der Waals surface area (Å²) in [4.78, 5) is 11.8. The highest BCUT2D eigenvalue weighted by Crippen LogP contribution is 2.19. The van der Waals surface area contributed by atoms with Crippen molar-refractivity contribution in [3.8, 4) is 0 Å². The van der Waals surface area contributed by atoms with E-state index in [1.54, 1.807) is 0 Å². The third-order valence-corrected chi connectivity index (χ3v) is 3.57. The van der Waals surface area contributed by atoms with E-state index in [9.17, 15) is 4.79 Å². The molecule has 1 amide bonds. The maximum Gasteiger partial charge on any atom is 0.237 e. The van der Waals surface area contributed by atoms with Crippen LogP contribution in [0.25, 0.3) is 0 Å². The SMILES string of the molecule is C[C@H](NC1CCCCNC1=O)c1cccc(Cl)c1. The van der Waals surface area contributed by atoms with Crippen molar-refractivity contribution in [1.82, 2.24) is 10.6 Å². The predicted molar refractivity (Wildman–Crippen MR) is 73.7 cm³/mol. The minimum absolute atomic E-state index is 0.0959. The lowest BCUT2D eigenvalue weighted by atomic mass is 10.1. The van der Waals surface area contributed by atoms with Crippen molar-refractivity contribution in [1.29, 1.82) is 0 Å². The zero-order valence-electron chi connectivity index (χ0n) is 10.6. The van der Waals surface area contributed by atoms with E-state index in [1.165, 1.54) is 0 Å². The zero-order valence-corrected chi connectivity index (χ0v) is 11.3. The van der Waals surface area contributed by atoms with Gasteiger partial charge in [-0.2, -0.15) is 0 Å². The fourth-order valence-electron chi connectivity index (χ4n) is 2.27. The largest absolute Gasteiger partial charge is 0.355 e. The summed E-state index contributed by atoms with van der Waals surface area (Å²) in [7, 11) is 0. The van der Waals surface area contributed by atoms with Crippen LogP contribution in [0.15, 0.2) is 24.3 Å². The van der Waals surface area contributed by atoms with E-state index >= 15 is 0 Å². The Morgan fingerprint density at radius 2 is 2.28 bits per heavy atom. The van der Waals surface area contributed by atoms with Crippen LogP contribution in [0, 0.1) is 0 Å². The molecule has 3 nitrogen and oxygen atoms in total. The van der Waals surface area contributed by atoms with Gasteiger partial charge in [0.25, 0.3) is 0 Å². The van der Waals surface area contributed by atoms with Gasteiger partial charge in [-0.15, -0.1) is 0 Å². The minimum atomic E-state index is -0.0959. The standard InChI is InChI=1S/C14H19ClN2O/c1-10(11-5-4-6-12(15)9-11)17-13-7-2-3-8-16-14(13)18/h4-6,9-10,13,17H,2-3,7-8H2,1H3,(H,16,18)/t10-,13?/m0/s1. The summed E-state index contributed by atoms with van der Waals surface area (Å²) in [5, 5.41) is 7.04. The second-order valence-electron chi connectivity index (χ2n) is 4.78. The summed E-state index contributed by atoms with van der Waals surface area (Å²) in [6.07, 6.45) is 3.05. The average molecular weight is 267 g/mol. The molecule has 98 valence electrons. The maximum atomic E-state index is 11.8. The van der Waals surface area contributed by atoms with E-state index in [0.717, 1.165) is 36.4 Å². The van der Waals surface area contributed by atoms with Crippen LogP contribution in [0.5, 0.6) is 0 Å². The Hall–Kier alpha value is -1.06. The molecule has 0 spiro atoms. The minimum Gasteiger partial charge on any atom is -0.355 e. The lowest BCUT2D eigenvalue weighted by Crippen LogP contribution is -2.43. The monoisotopic (exact) mass is 266 g/mol. The Morgan fingerprint density at radius 3 is 3.06 bits per heavy atom. The second-order valence-corrected chi connectivity index (χ2v) is 5.22. The normalized spacial score (nSPS) is 22.1. The number of nitrogens with one attached hydrogen (secondary N) is 2. The Kier molecular flexibility index (Phi) is 4.61. The van der Waals surface area contributed by atoms with Crippen molar-refractivity contribution < 1.29 is 4.79 Å². The van der Waals surface area contributed by atoms with Gasteiger partial charge in [-0.1, -0.05) is 23.7 Å². The van der Waals surface area contributed by atoms with E-state index in [1.807, 2.05) is 24.3 Å². The number of hydrogen-bond acceptors (Lipinski definition) is 2. The average Bonchev–Trinajstić information content (AvgIpc) is 2.55. The predicted octanol–water partition coefficient (Wildman–Crippen LogP) is 2.66. The molecule has 4 heteroatoms. The maximum absolute atomic E-state index is 11.8. The summed E-state index contributed by atoms with van der Waals surface area (Å²) in [6, 6.07) is 7.78. The van der Waals surface area contributed by atoms with Crippen molar-refractivity contribution >= 4 is 17.5 Å². The van der Waals surface area contributed by atoms with Crippen molar-refractivity contribution in [3.05, 3.63) is 34.9 Å². The molecule has 0 aromatic heterocycles. The van der Waals surface area contributed by atoms with Crippen LogP contribution in [0.1, 0.15) is 37.8 Å². The quantitative estimate of drug-likeness (QED) is 0.883. The van der Waals surface area contributed by atoms with Crippen molar-refractivity contribution in [3.63, 3.8) is 0 Å². The van der Waals surface area contributed by atoms with Gasteiger partial charge in [-0.25, -0.2) is 0 Å². The molecule has 0 saturated carbocycles. The molecule has 1 aliphatic rings. The highest BCUT2D eigenvalue weighted by Gasteiger charge is 2.22. The lowest BCUT2D eigenvalue weighted by Gasteiger charge is -2.21. The van der Waals surface area contributed by atoms with Crippen LogP contribution >= 0.6 is 11.6 Å². The number of hydrogen-bond donors (Lipinski definition) is 2. The first kappa shape index (κ1) is 13.4. The van der Waals surface area contributed by atoms with E-state index in [-0.39, 0.29) is 18.0 Å². The molecule has 18 heavy (non-hydrogen) atoms. The number of rotatable bonds is 3. The topological polar surface area (TPSA) is 41.1 Å². The fourth-order valence-corrected chi connectivity index (χ4v) is 2.47. The molecule has 1 aromatic carbocycles. The summed E-state index contributed by atoms with van der Waals surface area (Å²) < 4.78 is 0. The van der Waals surface area contributed by atoms with Gasteiger partial charge in [0, 0.05) is 17.6 Å². The van der Waals surface area contributed by atoms with Gasteiger partial charge in [-0.3, -0.25) is 10.1 Å². The fraction of sp³-hybridized carbons (Fsp3) is 0.500. The van der Waals surface area contributed by atoms with Gasteiger partial charge in [0.05, 0.1) is 6.04 Å². The number of carbonyl (C=O) groups excluding carboxylic acids is 1. The smallest absolute Gasteiger partial charge is 0.237 e. The Balaban J connectivity index is 2.01. The van der Waals surface area contributed by atoms with Crippen LogP contribution in [0.2, 0.25) is 5.02 Å². The van der Waals surface area contributed by atoms with Gasteiger partial charge in [0.1, 0.15) is 0 Å². The number of amides is 1. The molecule has 1 unspecified atom stereocenters. The van der Waals surface area contributed by atoms with Crippen LogP contribution in [-0.2, 0) is 4.79 Å². The van der Waals surface area contributed by atoms with Gasteiger partial charge in [0.2, 0.25) is 5.91 Å². The van der Waals surface area contributed by atoms with E-state index in [2.05, 4.69) is 17.6 Å². The highest BCUT2D eigenvalue weighted by atomic mass is 35.5. The van der Waals surface area contributed by atoms with Gasteiger partial charge < -0.3 is 5.32 Å². The van der Waals surface area contributed by atoms with Crippen molar-refractivity contribution in [2.45, 2.75) is 38.3 Å². The number of benzene rings is 1. The Bertz CT molecular complexity index is 422. The van der Waals surface area contributed by atoms with Gasteiger partial charge in [-0.05, 0) is 43.9 Å². The molecule has 1 aliphatic heterocycles. The summed E-state index contributed by atoms with van der Waals surface area (Å²) in [5.41, 5.74) is 1.11. The summed E-state index contributed by atoms with van der Waals surface area (Å²) in [6.45, 7) is 2.85. The summed E-state index contributed by atoms with van der Waals surface area (Å²) in [5.74, 6) is 0.112.